The summed E-state index contributed by atoms with van der Waals surface area (Å²) >= 11 is 0. The first-order chi connectivity index (χ1) is 5.75. The van der Waals surface area contributed by atoms with Gasteiger partial charge in [0.15, 0.2) is 0 Å². The van der Waals surface area contributed by atoms with Crippen LogP contribution in [0.5, 0.6) is 11.5 Å². The van der Waals surface area contributed by atoms with Crippen LogP contribution in [0.25, 0.3) is 6.08 Å². The Bertz CT molecular complexity index is 295. The van der Waals surface area contributed by atoms with Gasteiger partial charge >= 0.3 is 0 Å². The lowest BCUT2D eigenvalue weighted by atomic mass is 10.1. The summed E-state index contributed by atoms with van der Waals surface area (Å²) in [5.41, 5.74) is 0.223. The summed E-state index contributed by atoms with van der Waals surface area (Å²) < 4.78 is 0. The van der Waals surface area contributed by atoms with E-state index < -0.39 is 0 Å². The van der Waals surface area contributed by atoms with E-state index in [1.165, 1.54) is 30.6 Å². The summed E-state index contributed by atoms with van der Waals surface area (Å²) in [6.45, 7) is 0. The zero-order valence-electron chi connectivity index (χ0n) is 6.19. The molecular formula is C9H7O3. The van der Waals surface area contributed by atoms with E-state index in [4.69, 9.17) is 0 Å². The van der Waals surface area contributed by atoms with Crippen LogP contribution in [0.1, 0.15) is 5.56 Å². The van der Waals surface area contributed by atoms with Crippen molar-refractivity contribution in [3.63, 3.8) is 0 Å². The van der Waals surface area contributed by atoms with Crippen LogP contribution in [0.15, 0.2) is 24.3 Å². The lowest BCUT2D eigenvalue weighted by molar-refractivity contribution is 0.448. The van der Waals surface area contributed by atoms with Gasteiger partial charge in [-0.05, 0) is 24.3 Å². The Balaban J connectivity index is 3.12. The Morgan fingerprint density at radius 1 is 1.25 bits per heavy atom. The van der Waals surface area contributed by atoms with Crippen LogP contribution in [0.2, 0.25) is 0 Å². The van der Waals surface area contributed by atoms with Gasteiger partial charge in [0.1, 0.15) is 11.5 Å². The summed E-state index contributed by atoms with van der Waals surface area (Å²) in [7, 11) is 0. The van der Waals surface area contributed by atoms with Gasteiger partial charge in [-0.25, -0.2) is 0 Å². The topological polar surface area (TPSA) is 57.5 Å². The van der Waals surface area contributed by atoms with E-state index in [-0.39, 0.29) is 17.1 Å². The van der Waals surface area contributed by atoms with Crippen molar-refractivity contribution >= 4 is 12.4 Å². The van der Waals surface area contributed by atoms with Gasteiger partial charge in [-0.15, -0.1) is 0 Å². The number of benzene rings is 1. The van der Waals surface area contributed by atoms with Crippen LogP contribution in [0.3, 0.4) is 0 Å². The molecule has 3 nitrogen and oxygen atoms in total. The Labute approximate surface area is 69.6 Å². The molecule has 0 aliphatic carbocycles. The lowest BCUT2D eigenvalue weighted by Crippen LogP contribution is -1.75. The van der Waals surface area contributed by atoms with E-state index in [1.54, 1.807) is 0 Å². The summed E-state index contributed by atoms with van der Waals surface area (Å²) in [5, 5.41) is 18.4. The van der Waals surface area contributed by atoms with Crippen LogP contribution < -0.4 is 0 Å². The summed E-state index contributed by atoms with van der Waals surface area (Å²) in [6, 6.07) is 4.35. The first-order valence-electron chi connectivity index (χ1n) is 3.31. The molecule has 0 saturated heterocycles. The molecule has 1 aromatic carbocycles. The number of carbonyl (C=O) groups excluding carboxylic acids is 1. The van der Waals surface area contributed by atoms with Gasteiger partial charge in [-0.1, -0.05) is 6.07 Å². The van der Waals surface area contributed by atoms with Crippen molar-refractivity contribution in [3.8, 4) is 11.5 Å². The van der Waals surface area contributed by atoms with Gasteiger partial charge in [0.25, 0.3) is 0 Å². The highest BCUT2D eigenvalue weighted by molar-refractivity contribution is 5.77. The molecular weight excluding hydrogens is 156 g/mol. The molecule has 61 valence electrons. The van der Waals surface area contributed by atoms with Crippen LogP contribution in [-0.2, 0) is 4.79 Å². The molecule has 0 amide bonds. The molecule has 12 heavy (non-hydrogen) atoms. The molecule has 0 atom stereocenters. The van der Waals surface area contributed by atoms with Crippen molar-refractivity contribution in [1.29, 1.82) is 0 Å². The Kier molecular flexibility index (Phi) is 2.48. The quantitative estimate of drug-likeness (QED) is 0.644. The van der Waals surface area contributed by atoms with E-state index in [0.29, 0.717) is 0 Å². The molecule has 0 saturated carbocycles. The molecule has 2 N–H and O–H groups in total. The van der Waals surface area contributed by atoms with Gasteiger partial charge in [-0.2, -0.15) is 0 Å². The molecule has 0 bridgehead atoms. The summed E-state index contributed by atoms with van der Waals surface area (Å²) in [5.74, 6) is -0.136. The fourth-order valence-electron chi connectivity index (χ4n) is 0.829. The van der Waals surface area contributed by atoms with Gasteiger partial charge in [0, 0.05) is 0 Å². The van der Waals surface area contributed by atoms with Crippen LogP contribution in [-0.4, -0.2) is 16.5 Å². The second kappa shape index (κ2) is 3.57. The van der Waals surface area contributed by atoms with E-state index in [9.17, 15) is 15.0 Å². The lowest BCUT2D eigenvalue weighted by Gasteiger charge is -1.99. The van der Waals surface area contributed by atoms with Crippen LogP contribution in [0.4, 0.5) is 0 Å². The van der Waals surface area contributed by atoms with Crippen molar-refractivity contribution in [3.05, 3.63) is 29.8 Å². The van der Waals surface area contributed by atoms with E-state index in [2.05, 4.69) is 0 Å². The Morgan fingerprint density at radius 3 is 2.33 bits per heavy atom. The minimum Gasteiger partial charge on any atom is -0.507 e. The fraction of sp³-hybridized carbons (Fsp3) is 0. The maximum atomic E-state index is 9.83. The molecule has 0 aliphatic rings. The van der Waals surface area contributed by atoms with Gasteiger partial charge in [0.05, 0.1) is 5.56 Å². The molecule has 1 rings (SSSR count). The number of hydrogen-bond acceptors (Lipinski definition) is 3. The van der Waals surface area contributed by atoms with Gasteiger partial charge < -0.3 is 10.2 Å². The number of hydrogen-bond donors (Lipinski definition) is 2. The van der Waals surface area contributed by atoms with Crippen molar-refractivity contribution in [2.24, 2.45) is 0 Å². The molecule has 1 aromatic rings. The standard InChI is InChI=1S/C9H7O3/c10-6-2-3-7-8(11)4-1-5-9(7)12/h1-5,11-12H/b3-2+. The minimum atomic E-state index is -0.0681. The first kappa shape index (κ1) is 8.33. The maximum absolute atomic E-state index is 9.83. The molecule has 0 spiro atoms. The predicted octanol–water partition coefficient (Wildman–Crippen LogP) is 1.22. The third-order valence-electron chi connectivity index (χ3n) is 1.38. The Hall–Kier alpha value is -1.77. The van der Waals surface area contributed by atoms with Crippen molar-refractivity contribution in [2.75, 3.05) is 0 Å². The highest BCUT2D eigenvalue weighted by Gasteiger charge is 2.01. The monoisotopic (exact) mass is 163 g/mol. The minimum absolute atomic E-state index is 0.0681. The highest BCUT2D eigenvalue weighted by atomic mass is 16.3. The van der Waals surface area contributed by atoms with Crippen LogP contribution >= 0.6 is 0 Å². The molecule has 0 aromatic heterocycles. The number of phenolic OH excluding ortho intramolecular Hbond substituents is 2. The third kappa shape index (κ3) is 1.63. The van der Waals surface area contributed by atoms with E-state index >= 15 is 0 Å². The van der Waals surface area contributed by atoms with Gasteiger partial charge in [0.2, 0.25) is 6.29 Å². The molecule has 0 aliphatic heterocycles. The van der Waals surface area contributed by atoms with E-state index in [0.717, 1.165) is 6.08 Å². The van der Waals surface area contributed by atoms with Crippen molar-refractivity contribution in [2.45, 2.75) is 0 Å². The largest absolute Gasteiger partial charge is 0.507 e. The second-order valence-corrected chi connectivity index (χ2v) is 2.16. The second-order valence-electron chi connectivity index (χ2n) is 2.16. The average Bonchev–Trinajstić information content (AvgIpc) is 2.04. The number of allylic oxidation sites excluding steroid dienone is 1. The molecule has 0 unspecified atom stereocenters. The number of phenols is 2. The maximum Gasteiger partial charge on any atom is 0.225 e. The molecule has 1 radical (unpaired) electrons. The van der Waals surface area contributed by atoms with Crippen molar-refractivity contribution < 1.29 is 15.0 Å². The summed E-state index contributed by atoms with van der Waals surface area (Å²) in [6.07, 6.45) is 3.89. The normalized spacial score (nSPS) is 10.3. The molecule has 0 fully saturated rings. The fourth-order valence-corrected chi connectivity index (χ4v) is 0.829. The number of rotatable bonds is 2. The molecule has 0 heterocycles. The smallest absolute Gasteiger partial charge is 0.225 e. The molecule has 3 heteroatoms. The zero-order chi connectivity index (χ0) is 8.97. The predicted molar refractivity (Wildman–Crippen MR) is 44.5 cm³/mol. The summed E-state index contributed by atoms with van der Waals surface area (Å²) in [4.78, 5) is 9.83. The average molecular weight is 163 g/mol. The Morgan fingerprint density at radius 2 is 1.83 bits per heavy atom. The zero-order valence-corrected chi connectivity index (χ0v) is 6.19. The third-order valence-corrected chi connectivity index (χ3v) is 1.38. The highest BCUT2D eigenvalue weighted by Crippen LogP contribution is 2.27. The SMILES string of the molecule is O=[C]/C=C/c1c(O)cccc1O. The first-order valence-corrected chi connectivity index (χ1v) is 3.31. The van der Waals surface area contributed by atoms with E-state index in [1.807, 2.05) is 0 Å². The van der Waals surface area contributed by atoms with Crippen molar-refractivity contribution in [1.82, 2.24) is 0 Å². The van der Waals surface area contributed by atoms with Crippen LogP contribution in [0, 0.1) is 0 Å². The number of aromatic hydroxyl groups is 2. The van der Waals surface area contributed by atoms with Gasteiger partial charge in [-0.3, -0.25) is 4.79 Å².